The average Bonchev–Trinajstić information content (AvgIpc) is 2.50. The molecular formula is C9H15N5S. The first-order chi connectivity index (χ1) is 7.09. The lowest BCUT2D eigenvalue weighted by Gasteiger charge is -2.08. The number of aryl methyl sites for hydroxylation is 1. The summed E-state index contributed by atoms with van der Waals surface area (Å²) >= 11 is 1.72. The van der Waals surface area contributed by atoms with E-state index in [0.29, 0.717) is 6.54 Å². The Kier molecular flexibility index (Phi) is 4.11. The van der Waals surface area contributed by atoms with E-state index in [1.165, 1.54) is 10.4 Å². The highest BCUT2D eigenvalue weighted by molar-refractivity contribution is 7.10. The largest absolute Gasteiger partial charge is 0.370 e. The van der Waals surface area contributed by atoms with E-state index >= 15 is 0 Å². The van der Waals surface area contributed by atoms with Crippen molar-refractivity contribution in [2.45, 2.75) is 13.3 Å². The van der Waals surface area contributed by atoms with Crippen molar-refractivity contribution < 1.29 is 0 Å². The number of nitrogens with two attached hydrogens (primary N) is 1. The van der Waals surface area contributed by atoms with Gasteiger partial charge in [0.05, 0.1) is 0 Å². The van der Waals surface area contributed by atoms with E-state index in [2.05, 4.69) is 29.0 Å². The molecule has 1 aromatic heterocycles. The summed E-state index contributed by atoms with van der Waals surface area (Å²) in [6.07, 6.45) is 0.872. The number of guanidine groups is 2. The van der Waals surface area contributed by atoms with Crippen LogP contribution in [0.5, 0.6) is 0 Å². The normalized spacial score (nSPS) is 9.67. The van der Waals surface area contributed by atoms with Gasteiger partial charge in [0, 0.05) is 11.4 Å². The van der Waals surface area contributed by atoms with E-state index in [0.717, 1.165) is 6.42 Å². The molecule has 0 aromatic carbocycles. The Hall–Kier alpha value is -1.56. The highest BCUT2D eigenvalue weighted by atomic mass is 32.1. The van der Waals surface area contributed by atoms with Gasteiger partial charge in [0.15, 0.2) is 11.9 Å². The second-order valence-corrected chi connectivity index (χ2v) is 4.21. The quantitative estimate of drug-likeness (QED) is 0.385. The fourth-order valence-corrected chi connectivity index (χ4v) is 1.93. The second-order valence-electron chi connectivity index (χ2n) is 3.09. The highest BCUT2D eigenvalue weighted by Crippen LogP contribution is 2.14. The van der Waals surface area contributed by atoms with Crippen LogP contribution in [-0.4, -0.2) is 18.5 Å². The Balaban J connectivity index is 2.25. The van der Waals surface area contributed by atoms with Gasteiger partial charge in [0.1, 0.15) is 0 Å². The van der Waals surface area contributed by atoms with Gasteiger partial charge in [-0.15, -0.1) is 11.3 Å². The summed E-state index contributed by atoms with van der Waals surface area (Å²) in [4.78, 5) is 1.31. The van der Waals surface area contributed by atoms with Gasteiger partial charge in [-0.2, -0.15) is 0 Å². The van der Waals surface area contributed by atoms with Crippen LogP contribution < -0.4 is 16.4 Å². The van der Waals surface area contributed by atoms with Gasteiger partial charge >= 0.3 is 0 Å². The molecule has 6 N–H and O–H groups in total. The van der Waals surface area contributed by atoms with Gasteiger partial charge in [-0.05, 0) is 30.4 Å². The predicted molar refractivity (Wildman–Crippen MR) is 63.5 cm³/mol. The maximum absolute atomic E-state index is 7.36. The Morgan fingerprint density at radius 2 is 2.27 bits per heavy atom. The third kappa shape index (κ3) is 3.99. The lowest BCUT2D eigenvalue weighted by Crippen LogP contribution is -2.43. The molecule has 15 heavy (non-hydrogen) atoms. The summed E-state index contributed by atoms with van der Waals surface area (Å²) in [7, 11) is 0. The molecule has 0 bridgehead atoms. The van der Waals surface area contributed by atoms with Crippen LogP contribution in [0.15, 0.2) is 11.4 Å². The van der Waals surface area contributed by atoms with Crippen LogP contribution in [0.1, 0.15) is 10.4 Å². The Morgan fingerprint density at radius 3 is 2.80 bits per heavy atom. The second kappa shape index (κ2) is 5.35. The van der Waals surface area contributed by atoms with E-state index in [4.69, 9.17) is 16.6 Å². The summed E-state index contributed by atoms with van der Waals surface area (Å²) in [6.45, 7) is 2.75. The van der Waals surface area contributed by atoms with Crippen LogP contribution in [0.2, 0.25) is 0 Å². The van der Waals surface area contributed by atoms with E-state index in [1.807, 2.05) is 0 Å². The first kappa shape index (κ1) is 11.5. The van der Waals surface area contributed by atoms with Crippen molar-refractivity contribution in [1.29, 1.82) is 10.8 Å². The zero-order chi connectivity index (χ0) is 11.3. The number of thiophene rings is 1. The van der Waals surface area contributed by atoms with Crippen LogP contribution in [0, 0.1) is 17.7 Å². The summed E-state index contributed by atoms with van der Waals surface area (Å²) in [5.74, 6) is -0.158. The van der Waals surface area contributed by atoms with Crippen LogP contribution in [0.4, 0.5) is 0 Å². The summed E-state index contributed by atoms with van der Waals surface area (Å²) in [5.41, 5.74) is 6.37. The first-order valence-electron chi connectivity index (χ1n) is 4.56. The lowest BCUT2D eigenvalue weighted by atomic mass is 10.2. The number of hydrogen-bond acceptors (Lipinski definition) is 3. The maximum Gasteiger partial charge on any atom is 0.195 e. The Labute approximate surface area is 92.7 Å². The minimum atomic E-state index is -0.223. The fraction of sp³-hybridized carbons (Fsp3) is 0.333. The maximum atomic E-state index is 7.36. The number of rotatable bonds is 3. The molecule has 5 nitrogen and oxygen atoms in total. The molecule has 0 atom stereocenters. The molecule has 0 saturated carbocycles. The van der Waals surface area contributed by atoms with Crippen molar-refractivity contribution in [3.05, 3.63) is 21.9 Å². The van der Waals surface area contributed by atoms with Crippen LogP contribution in [-0.2, 0) is 6.42 Å². The van der Waals surface area contributed by atoms with Crippen LogP contribution in [0.3, 0.4) is 0 Å². The molecule has 0 aliphatic carbocycles. The van der Waals surface area contributed by atoms with Gasteiger partial charge in [-0.25, -0.2) is 0 Å². The minimum Gasteiger partial charge on any atom is -0.370 e. The molecule has 6 heteroatoms. The van der Waals surface area contributed by atoms with Crippen molar-refractivity contribution in [3.8, 4) is 0 Å². The monoisotopic (exact) mass is 225 g/mol. The zero-order valence-electron chi connectivity index (χ0n) is 8.55. The molecule has 0 amide bonds. The molecule has 1 rings (SSSR count). The smallest absolute Gasteiger partial charge is 0.195 e. The predicted octanol–water partition coefficient (Wildman–Crippen LogP) is 0.606. The summed E-state index contributed by atoms with van der Waals surface area (Å²) < 4.78 is 0. The molecule has 0 saturated heterocycles. The highest BCUT2D eigenvalue weighted by Gasteiger charge is 2.00. The van der Waals surface area contributed by atoms with Crippen molar-refractivity contribution in [2.75, 3.05) is 6.54 Å². The van der Waals surface area contributed by atoms with E-state index in [-0.39, 0.29) is 11.9 Å². The number of nitrogens with one attached hydrogen (secondary N) is 4. The van der Waals surface area contributed by atoms with Gasteiger partial charge in [0.2, 0.25) is 0 Å². The first-order valence-corrected chi connectivity index (χ1v) is 5.44. The molecule has 0 aliphatic heterocycles. The van der Waals surface area contributed by atoms with Crippen LogP contribution in [0.25, 0.3) is 0 Å². The average molecular weight is 225 g/mol. The van der Waals surface area contributed by atoms with E-state index in [1.54, 1.807) is 11.3 Å². The molecular weight excluding hydrogens is 210 g/mol. The minimum absolute atomic E-state index is 0.0652. The topological polar surface area (TPSA) is 97.8 Å². The van der Waals surface area contributed by atoms with Crippen LogP contribution >= 0.6 is 11.3 Å². The molecule has 1 heterocycles. The fourth-order valence-electron chi connectivity index (χ4n) is 1.17. The standard InChI is InChI=1S/C9H15N5S/c1-6-7(3-5-15-6)2-4-13-9(12)14-8(10)11/h3,5H,2,4H2,1H3,(H6,10,11,12,13,14). The third-order valence-electron chi connectivity index (χ3n) is 1.92. The molecule has 0 radical (unpaired) electrons. The summed E-state index contributed by atoms with van der Waals surface area (Å²) in [6, 6.07) is 2.09. The number of hydrogen-bond donors (Lipinski definition) is 5. The summed E-state index contributed by atoms with van der Waals surface area (Å²) in [5, 5.41) is 21.6. The Morgan fingerprint density at radius 1 is 1.53 bits per heavy atom. The van der Waals surface area contributed by atoms with Crippen molar-refractivity contribution in [1.82, 2.24) is 10.6 Å². The molecule has 1 aromatic rings. The molecule has 0 unspecified atom stereocenters. The van der Waals surface area contributed by atoms with Crippen molar-refractivity contribution in [2.24, 2.45) is 5.73 Å². The van der Waals surface area contributed by atoms with Crippen molar-refractivity contribution in [3.63, 3.8) is 0 Å². The van der Waals surface area contributed by atoms with Gasteiger partial charge < -0.3 is 11.1 Å². The van der Waals surface area contributed by atoms with E-state index < -0.39 is 0 Å². The Bertz CT molecular complexity index is 357. The lowest BCUT2D eigenvalue weighted by molar-refractivity contribution is 0.840. The van der Waals surface area contributed by atoms with E-state index in [9.17, 15) is 0 Å². The zero-order valence-corrected chi connectivity index (χ0v) is 9.37. The van der Waals surface area contributed by atoms with Gasteiger partial charge in [0.25, 0.3) is 0 Å². The molecule has 82 valence electrons. The van der Waals surface area contributed by atoms with Gasteiger partial charge in [-0.3, -0.25) is 16.1 Å². The molecule has 0 spiro atoms. The molecule has 0 fully saturated rings. The SMILES string of the molecule is Cc1sccc1CCNC(=N)NC(=N)N. The van der Waals surface area contributed by atoms with Crippen molar-refractivity contribution >= 4 is 23.3 Å². The molecule has 0 aliphatic rings. The third-order valence-corrected chi connectivity index (χ3v) is 2.81. The van der Waals surface area contributed by atoms with Gasteiger partial charge in [-0.1, -0.05) is 0 Å².